The third kappa shape index (κ3) is 5.53. The minimum atomic E-state index is -0.104. The van der Waals surface area contributed by atoms with Crippen LogP contribution in [0.2, 0.25) is 0 Å². The third-order valence-electron chi connectivity index (χ3n) is 3.36. The fourth-order valence-electron chi connectivity index (χ4n) is 2.14. The van der Waals surface area contributed by atoms with Gasteiger partial charge in [-0.2, -0.15) is 0 Å². The lowest BCUT2D eigenvalue weighted by Crippen LogP contribution is -1.99. The molecule has 0 atom stereocenters. The topological polar surface area (TPSA) is 57.5 Å². The highest BCUT2D eigenvalue weighted by Gasteiger charge is 2.12. The molecule has 0 unspecified atom stereocenters. The van der Waals surface area contributed by atoms with E-state index in [9.17, 15) is 15.0 Å². The normalized spacial score (nSPS) is 10.7. The molecule has 0 spiro atoms. The fraction of sp³-hybridized carbons (Fsp3) is 0.562. The van der Waals surface area contributed by atoms with Crippen molar-refractivity contribution in [1.82, 2.24) is 0 Å². The van der Waals surface area contributed by atoms with E-state index in [2.05, 4.69) is 22.9 Å². The molecule has 0 saturated carbocycles. The van der Waals surface area contributed by atoms with Gasteiger partial charge in [-0.15, -0.1) is 0 Å². The van der Waals surface area contributed by atoms with E-state index in [1.807, 2.05) is 0 Å². The molecular formula is C16H23BrO3. The largest absolute Gasteiger partial charge is 0.507 e. The smallest absolute Gasteiger partial charge is 0.163 e. The van der Waals surface area contributed by atoms with Crippen LogP contribution in [-0.2, 0) is 0 Å². The molecule has 0 heterocycles. The van der Waals surface area contributed by atoms with Gasteiger partial charge in [0.1, 0.15) is 16.0 Å². The van der Waals surface area contributed by atoms with E-state index < -0.39 is 0 Å². The van der Waals surface area contributed by atoms with Crippen molar-refractivity contribution in [3.63, 3.8) is 0 Å². The molecule has 0 aromatic heterocycles. The SMILES string of the molecule is CCCCCCCCCC(=O)c1cc(O)c(Br)c(O)c1. The van der Waals surface area contributed by atoms with Crippen LogP contribution in [0.1, 0.15) is 68.6 Å². The van der Waals surface area contributed by atoms with Crippen molar-refractivity contribution < 1.29 is 15.0 Å². The molecule has 3 nitrogen and oxygen atoms in total. The number of carbonyl (C=O) groups excluding carboxylic acids is 1. The number of halogens is 1. The molecule has 20 heavy (non-hydrogen) atoms. The Hall–Kier alpha value is -1.03. The van der Waals surface area contributed by atoms with E-state index in [1.54, 1.807) is 0 Å². The standard InChI is InChI=1S/C16H23BrO3/c1-2-3-4-5-6-7-8-9-13(18)12-10-14(19)16(17)15(20)11-12/h10-11,19-20H,2-9H2,1H3. The molecule has 0 aliphatic carbocycles. The lowest BCUT2D eigenvalue weighted by atomic mass is 10.0. The maximum Gasteiger partial charge on any atom is 0.163 e. The molecule has 4 heteroatoms. The van der Waals surface area contributed by atoms with Crippen molar-refractivity contribution in [2.45, 2.75) is 58.3 Å². The van der Waals surface area contributed by atoms with Crippen LogP contribution in [0.3, 0.4) is 0 Å². The third-order valence-corrected chi connectivity index (χ3v) is 4.18. The quantitative estimate of drug-likeness (QED) is 0.480. The predicted octanol–water partition coefficient (Wildman–Crippen LogP) is 5.18. The highest BCUT2D eigenvalue weighted by molar-refractivity contribution is 9.10. The lowest BCUT2D eigenvalue weighted by molar-refractivity contribution is 0.0978. The number of benzene rings is 1. The minimum Gasteiger partial charge on any atom is -0.507 e. The zero-order chi connectivity index (χ0) is 15.0. The molecule has 2 N–H and O–H groups in total. The summed E-state index contributed by atoms with van der Waals surface area (Å²) in [6, 6.07) is 2.79. The summed E-state index contributed by atoms with van der Waals surface area (Å²) in [5.74, 6) is -0.238. The van der Waals surface area contributed by atoms with Crippen LogP contribution in [0.25, 0.3) is 0 Å². The summed E-state index contributed by atoms with van der Waals surface area (Å²) in [4.78, 5) is 12.0. The summed E-state index contributed by atoms with van der Waals surface area (Å²) in [5.41, 5.74) is 0.370. The zero-order valence-electron chi connectivity index (χ0n) is 12.0. The first kappa shape index (κ1) is 17.0. The first-order valence-corrected chi connectivity index (χ1v) is 8.10. The van der Waals surface area contributed by atoms with Crippen molar-refractivity contribution in [3.8, 4) is 11.5 Å². The summed E-state index contributed by atoms with van der Waals surface area (Å²) in [6.07, 6.45) is 8.61. The van der Waals surface area contributed by atoms with Crippen molar-refractivity contribution in [3.05, 3.63) is 22.2 Å². The molecule has 0 radical (unpaired) electrons. The molecule has 0 fully saturated rings. The average Bonchev–Trinajstić information content (AvgIpc) is 2.43. The molecule has 112 valence electrons. The van der Waals surface area contributed by atoms with E-state index in [-0.39, 0.29) is 21.8 Å². The Morgan fingerprint density at radius 3 is 2.05 bits per heavy atom. The summed E-state index contributed by atoms with van der Waals surface area (Å²) >= 11 is 3.04. The number of phenolic OH excluding ortho intramolecular Hbond substituents is 2. The van der Waals surface area contributed by atoms with E-state index in [4.69, 9.17) is 0 Å². The van der Waals surface area contributed by atoms with Crippen LogP contribution >= 0.6 is 15.9 Å². The molecule has 0 aliphatic heterocycles. The molecule has 0 bridgehead atoms. The average molecular weight is 343 g/mol. The second-order valence-corrected chi connectivity index (χ2v) is 5.92. The summed E-state index contributed by atoms with van der Waals surface area (Å²) in [7, 11) is 0. The van der Waals surface area contributed by atoms with Gasteiger partial charge in [0.05, 0.1) is 0 Å². The van der Waals surface area contributed by atoms with Crippen molar-refractivity contribution >= 4 is 21.7 Å². The van der Waals surface area contributed by atoms with E-state index in [0.717, 1.165) is 12.8 Å². The van der Waals surface area contributed by atoms with Gasteiger partial charge in [-0.25, -0.2) is 0 Å². The van der Waals surface area contributed by atoms with Gasteiger partial charge < -0.3 is 10.2 Å². The number of aromatic hydroxyl groups is 2. The fourth-order valence-corrected chi connectivity index (χ4v) is 2.37. The van der Waals surface area contributed by atoms with Crippen molar-refractivity contribution in [2.75, 3.05) is 0 Å². The minimum absolute atomic E-state index is 0.0309. The van der Waals surface area contributed by atoms with Gasteiger partial charge in [0.25, 0.3) is 0 Å². The van der Waals surface area contributed by atoms with Crippen LogP contribution in [0.4, 0.5) is 0 Å². The zero-order valence-corrected chi connectivity index (χ0v) is 13.6. The number of hydrogen-bond donors (Lipinski definition) is 2. The van der Waals surface area contributed by atoms with E-state index in [0.29, 0.717) is 12.0 Å². The van der Waals surface area contributed by atoms with Crippen LogP contribution in [0, 0.1) is 0 Å². The Morgan fingerprint density at radius 2 is 1.50 bits per heavy atom. The number of hydrogen-bond acceptors (Lipinski definition) is 3. The molecule has 1 rings (SSSR count). The Morgan fingerprint density at radius 1 is 1.00 bits per heavy atom. The molecule has 1 aromatic carbocycles. The summed E-state index contributed by atoms with van der Waals surface area (Å²) < 4.78 is 0.227. The molecule has 1 aromatic rings. The van der Waals surface area contributed by atoms with Gasteiger partial charge in [0.2, 0.25) is 0 Å². The number of phenols is 2. The van der Waals surface area contributed by atoms with Gasteiger partial charge in [-0.05, 0) is 34.5 Å². The van der Waals surface area contributed by atoms with Gasteiger partial charge in [-0.3, -0.25) is 4.79 Å². The Kier molecular flexibility index (Phi) is 7.67. The van der Waals surface area contributed by atoms with Gasteiger partial charge >= 0.3 is 0 Å². The van der Waals surface area contributed by atoms with E-state index >= 15 is 0 Å². The Labute approximate surface area is 129 Å². The van der Waals surface area contributed by atoms with Gasteiger partial charge in [0.15, 0.2) is 5.78 Å². The highest BCUT2D eigenvalue weighted by atomic mass is 79.9. The Bertz CT molecular complexity index is 420. The number of carbonyl (C=O) groups is 1. The number of Topliss-reactive ketones (excluding diaryl/α,β-unsaturated/α-hetero) is 1. The maximum atomic E-state index is 12.0. The van der Waals surface area contributed by atoms with Crippen LogP contribution in [0.15, 0.2) is 16.6 Å². The second kappa shape index (κ2) is 9.01. The predicted molar refractivity (Wildman–Crippen MR) is 84.4 cm³/mol. The van der Waals surface area contributed by atoms with E-state index in [1.165, 1.54) is 44.2 Å². The first-order chi connectivity index (χ1) is 9.56. The molecular weight excluding hydrogens is 320 g/mol. The van der Waals surface area contributed by atoms with Crippen LogP contribution in [0.5, 0.6) is 11.5 Å². The van der Waals surface area contributed by atoms with Crippen LogP contribution < -0.4 is 0 Å². The summed E-state index contributed by atoms with van der Waals surface area (Å²) in [5, 5.41) is 19.1. The van der Waals surface area contributed by atoms with Crippen molar-refractivity contribution in [1.29, 1.82) is 0 Å². The maximum absolute atomic E-state index is 12.0. The molecule has 0 aliphatic rings. The number of rotatable bonds is 9. The lowest BCUT2D eigenvalue weighted by Gasteiger charge is -2.05. The number of unbranched alkanes of at least 4 members (excludes halogenated alkanes) is 6. The Balaban J connectivity index is 2.33. The summed E-state index contributed by atoms with van der Waals surface area (Å²) in [6.45, 7) is 2.20. The monoisotopic (exact) mass is 342 g/mol. The second-order valence-electron chi connectivity index (χ2n) is 5.12. The van der Waals surface area contributed by atoms with Gasteiger partial charge in [0, 0.05) is 12.0 Å². The van der Waals surface area contributed by atoms with Gasteiger partial charge in [-0.1, -0.05) is 45.4 Å². The molecule has 0 amide bonds. The first-order valence-electron chi connectivity index (χ1n) is 7.31. The highest BCUT2D eigenvalue weighted by Crippen LogP contribution is 2.34. The number of ketones is 1. The molecule has 0 saturated heterocycles. The van der Waals surface area contributed by atoms with Crippen LogP contribution in [-0.4, -0.2) is 16.0 Å². The van der Waals surface area contributed by atoms with Crippen molar-refractivity contribution in [2.24, 2.45) is 0 Å².